The van der Waals surface area contributed by atoms with Crippen LogP contribution in [0.2, 0.25) is 0 Å². The number of hydrogen-bond acceptors (Lipinski definition) is 6. The van der Waals surface area contributed by atoms with Gasteiger partial charge in [0.05, 0.1) is 12.0 Å². The molecule has 3 aromatic heterocycles. The standard InChI is InChI=1S/C22H21N5O/c1-3-17(15-18(4-1)21-19-6-14-28-20(19)5-9-23-21)16-26-10-12-27(13-11-26)22-24-7-2-8-25-22/h1-9,14-15H,10-13,16H2. The van der Waals surface area contributed by atoms with Crippen molar-refractivity contribution in [1.29, 1.82) is 0 Å². The van der Waals surface area contributed by atoms with Crippen molar-refractivity contribution in [3.05, 3.63) is 72.9 Å². The van der Waals surface area contributed by atoms with E-state index in [1.165, 1.54) is 5.56 Å². The molecule has 4 aromatic rings. The molecule has 0 unspecified atom stereocenters. The number of hydrogen-bond donors (Lipinski definition) is 0. The molecule has 1 saturated heterocycles. The van der Waals surface area contributed by atoms with Crippen LogP contribution in [0.15, 0.2) is 71.7 Å². The van der Waals surface area contributed by atoms with Crippen LogP contribution in [0.3, 0.4) is 0 Å². The molecule has 6 heteroatoms. The molecular weight excluding hydrogens is 350 g/mol. The third-order valence-corrected chi connectivity index (χ3v) is 5.19. The molecule has 0 saturated carbocycles. The Labute approximate surface area is 163 Å². The molecule has 6 nitrogen and oxygen atoms in total. The molecule has 1 aliphatic heterocycles. The Balaban J connectivity index is 1.30. The van der Waals surface area contributed by atoms with Crippen molar-refractivity contribution >= 4 is 16.9 Å². The van der Waals surface area contributed by atoms with E-state index < -0.39 is 0 Å². The van der Waals surface area contributed by atoms with Gasteiger partial charge in [-0.3, -0.25) is 9.88 Å². The highest BCUT2D eigenvalue weighted by Gasteiger charge is 2.19. The number of fused-ring (bicyclic) bond motifs is 1. The number of benzene rings is 1. The van der Waals surface area contributed by atoms with E-state index in [9.17, 15) is 0 Å². The monoisotopic (exact) mass is 371 g/mol. The second-order valence-electron chi connectivity index (χ2n) is 7.00. The van der Waals surface area contributed by atoms with Crippen LogP contribution in [0.4, 0.5) is 5.95 Å². The maximum absolute atomic E-state index is 5.52. The van der Waals surface area contributed by atoms with Gasteiger partial charge in [0.1, 0.15) is 5.58 Å². The van der Waals surface area contributed by atoms with Gasteiger partial charge in [-0.05, 0) is 29.8 Å². The zero-order chi connectivity index (χ0) is 18.8. The third-order valence-electron chi connectivity index (χ3n) is 5.19. The van der Waals surface area contributed by atoms with Crippen LogP contribution < -0.4 is 4.90 Å². The van der Waals surface area contributed by atoms with Crippen molar-refractivity contribution in [3.63, 3.8) is 0 Å². The van der Waals surface area contributed by atoms with Crippen molar-refractivity contribution in [1.82, 2.24) is 19.9 Å². The molecular formula is C22H21N5O. The summed E-state index contributed by atoms with van der Waals surface area (Å²) in [5.41, 5.74) is 4.26. The minimum atomic E-state index is 0.823. The summed E-state index contributed by atoms with van der Waals surface area (Å²) < 4.78 is 5.52. The molecule has 0 N–H and O–H groups in total. The Morgan fingerprint density at radius 1 is 0.857 bits per heavy atom. The fourth-order valence-electron chi connectivity index (χ4n) is 3.76. The lowest BCUT2D eigenvalue weighted by Crippen LogP contribution is -2.46. The van der Waals surface area contributed by atoms with E-state index >= 15 is 0 Å². The highest BCUT2D eigenvalue weighted by Crippen LogP contribution is 2.28. The Morgan fingerprint density at radius 2 is 1.71 bits per heavy atom. The van der Waals surface area contributed by atoms with E-state index in [-0.39, 0.29) is 0 Å². The van der Waals surface area contributed by atoms with E-state index in [1.807, 2.05) is 18.2 Å². The summed E-state index contributed by atoms with van der Waals surface area (Å²) in [5, 5.41) is 1.05. The molecule has 0 bridgehead atoms. The second-order valence-corrected chi connectivity index (χ2v) is 7.00. The van der Waals surface area contributed by atoms with Crippen LogP contribution in [-0.2, 0) is 6.54 Å². The van der Waals surface area contributed by atoms with Gasteiger partial charge in [-0.2, -0.15) is 0 Å². The average molecular weight is 371 g/mol. The number of pyridine rings is 1. The van der Waals surface area contributed by atoms with Crippen LogP contribution in [-0.4, -0.2) is 46.0 Å². The van der Waals surface area contributed by atoms with Gasteiger partial charge in [-0.25, -0.2) is 9.97 Å². The number of furan rings is 1. The van der Waals surface area contributed by atoms with E-state index in [4.69, 9.17) is 4.42 Å². The van der Waals surface area contributed by atoms with Crippen molar-refractivity contribution in [3.8, 4) is 11.3 Å². The van der Waals surface area contributed by atoms with Gasteiger partial charge in [0, 0.05) is 62.3 Å². The normalized spacial score (nSPS) is 15.2. The molecule has 0 spiro atoms. The molecule has 4 heterocycles. The van der Waals surface area contributed by atoms with E-state index in [0.717, 1.165) is 60.9 Å². The first-order chi connectivity index (χ1) is 13.9. The summed E-state index contributed by atoms with van der Waals surface area (Å²) in [6, 6.07) is 14.4. The summed E-state index contributed by atoms with van der Waals surface area (Å²) in [6.07, 6.45) is 7.12. The van der Waals surface area contributed by atoms with Gasteiger partial charge < -0.3 is 9.32 Å². The van der Waals surface area contributed by atoms with Crippen molar-refractivity contribution in [2.45, 2.75) is 6.54 Å². The van der Waals surface area contributed by atoms with E-state index in [1.54, 1.807) is 24.9 Å². The van der Waals surface area contributed by atoms with Gasteiger partial charge in [0.25, 0.3) is 0 Å². The number of rotatable bonds is 4. The molecule has 1 aromatic carbocycles. The fourth-order valence-corrected chi connectivity index (χ4v) is 3.76. The Bertz CT molecular complexity index is 1070. The Kier molecular flexibility index (Phi) is 4.47. The maximum Gasteiger partial charge on any atom is 0.225 e. The Hall–Kier alpha value is -3.25. The minimum absolute atomic E-state index is 0.823. The van der Waals surface area contributed by atoms with Gasteiger partial charge in [-0.1, -0.05) is 18.2 Å². The number of anilines is 1. The van der Waals surface area contributed by atoms with Crippen LogP contribution in [0.5, 0.6) is 0 Å². The van der Waals surface area contributed by atoms with Crippen LogP contribution in [0.1, 0.15) is 5.56 Å². The zero-order valence-electron chi connectivity index (χ0n) is 15.5. The Morgan fingerprint density at radius 3 is 2.57 bits per heavy atom. The summed E-state index contributed by atoms with van der Waals surface area (Å²) in [4.78, 5) is 18.0. The van der Waals surface area contributed by atoms with Crippen molar-refractivity contribution in [2.75, 3.05) is 31.1 Å². The lowest BCUT2D eigenvalue weighted by molar-refractivity contribution is 0.248. The summed E-state index contributed by atoms with van der Waals surface area (Å²) in [6.45, 7) is 4.81. The molecule has 0 amide bonds. The second kappa shape index (κ2) is 7.40. The fraction of sp³-hybridized carbons (Fsp3) is 0.227. The quantitative estimate of drug-likeness (QED) is 0.546. The van der Waals surface area contributed by atoms with Gasteiger partial charge in [-0.15, -0.1) is 0 Å². The number of aromatic nitrogens is 3. The van der Waals surface area contributed by atoms with Crippen molar-refractivity contribution in [2.24, 2.45) is 0 Å². The number of piperazine rings is 1. The van der Waals surface area contributed by atoms with Gasteiger partial charge >= 0.3 is 0 Å². The van der Waals surface area contributed by atoms with Gasteiger partial charge in [0.15, 0.2) is 0 Å². The van der Waals surface area contributed by atoms with Crippen LogP contribution in [0.25, 0.3) is 22.2 Å². The highest BCUT2D eigenvalue weighted by molar-refractivity contribution is 5.91. The summed E-state index contributed by atoms with van der Waals surface area (Å²) >= 11 is 0. The van der Waals surface area contributed by atoms with Crippen LogP contribution in [0, 0.1) is 0 Å². The molecule has 5 rings (SSSR count). The first-order valence-corrected chi connectivity index (χ1v) is 9.53. The SMILES string of the molecule is c1cnc(N2CCN(Cc3cccc(-c4nccc5occc45)c3)CC2)nc1. The maximum atomic E-state index is 5.52. The van der Waals surface area contributed by atoms with Gasteiger partial charge in [0.2, 0.25) is 5.95 Å². The topological polar surface area (TPSA) is 58.3 Å². The van der Waals surface area contributed by atoms with E-state index in [2.05, 4.69) is 49.0 Å². The predicted octanol–water partition coefficient (Wildman–Crippen LogP) is 3.61. The average Bonchev–Trinajstić information content (AvgIpc) is 3.24. The summed E-state index contributed by atoms with van der Waals surface area (Å²) in [7, 11) is 0. The molecule has 140 valence electrons. The minimum Gasteiger partial charge on any atom is -0.464 e. The molecule has 0 aliphatic carbocycles. The molecule has 0 atom stereocenters. The first-order valence-electron chi connectivity index (χ1n) is 9.53. The largest absolute Gasteiger partial charge is 0.464 e. The molecule has 28 heavy (non-hydrogen) atoms. The zero-order valence-corrected chi connectivity index (χ0v) is 15.5. The lowest BCUT2D eigenvalue weighted by atomic mass is 10.0. The summed E-state index contributed by atoms with van der Waals surface area (Å²) in [5.74, 6) is 0.823. The van der Waals surface area contributed by atoms with Crippen LogP contribution >= 0.6 is 0 Å². The smallest absolute Gasteiger partial charge is 0.225 e. The van der Waals surface area contributed by atoms with Crippen molar-refractivity contribution < 1.29 is 4.42 Å². The molecule has 0 radical (unpaired) electrons. The number of nitrogens with zero attached hydrogens (tertiary/aromatic N) is 5. The molecule has 1 fully saturated rings. The lowest BCUT2D eigenvalue weighted by Gasteiger charge is -2.34. The first kappa shape index (κ1) is 16.9. The van der Waals surface area contributed by atoms with E-state index in [0.29, 0.717) is 0 Å². The predicted molar refractivity (Wildman–Crippen MR) is 109 cm³/mol. The third kappa shape index (κ3) is 3.34. The molecule has 1 aliphatic rings. The highest BCUT2D eigenvalue weighted by atomic mass is 16.3.